The molecule has 2 atom stereocenters. The van der Waals surface area contributed by atoms with Crippen LogP contribution in [0.3, 0.4) is 0 Å². The number of aromatic amines is 2. The van der Waals surface area contributed by atoms with Crippen molar-refractivity contribution < 1.29 is 19.1 Å². The fourth-order valence-corrected chi connectivity index (χ4v) is 5.97. The van der Waals surface area contributed by atoms with Gasteiger partial charge in [0.2, 0.25) is 11.8 Å². The number of nitrogens with one attached hydrogen (secondary N) is 4. The van der Waals surface area contributed by atoms with E-state index in [1.807, 2.05) is 75.3 Å². The summed E-state index contributed by atoms with van der Waals surface area (Å²) in [6.07, 6.45) is 6.71. The van der Waals surface area contributed by atoms with Crippen molar-refractivity contribution in [2.75, 3.05) is 40.8 Å². The van der Waals surface area contributed by atoms with Crippen LogP contribution < -0.4 is 10.6 Å². The van der Waals surface area contributed by atoms with Crippen LogP contribution in [0.15, 0.2) is 48.7 Å². The lowest BCUT2D eigenvalue weighted by molar-refractivity contribution is -0.135. The van der Waals surface area contributed by atoms with Gasteiger partial charge in [0, 0.05) is 30.6 Å². The highest BCUT2D eigenvalue weighted by Gasteiger charge is 2.37. The number of fused-ring (bicyclic) bond motifs is 1. The normalized spacial score (nSPS) is 14.4. The fraction of sp³-hybridized carbons (Fsp3) is 0.475. The number of imidazole rings is 2. The smallest absolute Gasteiger partial charge is 0.407 e. The number of carbonyl (C=O) groups is 3. The Kier molecular flexibility index (Phi) is 14.8. The molecule has 1 aliphatic rings. The summed E-state index contributed by atoms with van der Waals surface area (Å²) < 4.78 is 4.74. The van der Waals surface area contributed by atoms with E-state index < -0.39 is 12.1 Å². The monoisotopic (exact) mass is 710 g/mol. The lowest BCUT2D eigenvalue weighted by Gasteiger charge is -2.30. The topological polar surface area (TPSA) is 148 Å². The second-order valence-electron chi connectivity index (χ2n) is 13.7. The molecule has 4 aromatic rings. The van der Waals surface area contributed by atoms with E-state index in [1.54, 1.807) is 11.1 Å². The van der Waals surface area contributed by atoms with Crippen LogP contribution in [-0.4, -0.2) is 94.5 Å². The number of methoxy groups -OCH3 is 1. The molecule has 0 aliphatic carbocycles. The zero-order chi connectivity index (χ0) is 37.6. The molecule has 12 heteroatoms. The largest absolute Gasteiger partial charge is 0.453 e. The molecular weight excluding hydrogens is 656 g/mol. The SMILES string of the molecule is CCC.COC(=O)NC(C(=O)N1CCCC1c1ncc(-c2ccc(C#Cc3ccc4nc(CCCCNC(=O)CN(C)C)[nH]c4c3)cc2)[nH]1)C(C)C. The van der Waals surface area contributed by atoms with Gasteiger partial charge in [-0.3, -0.25) is 9.59 Å². The molecule has 52 heavy (non-hydrogen) atoms. The lowest BCUT2D eigenvalue weighted by atomic mass is 10.0. The first-order valence-corrected chi connectivity index (χ1v) is 18.2. The number of hydrogen-bond acceptors (Lipinski definition) is 7. The number of unbranched alkanes of at least 4 members (excludes halogenated alkanes) is 1. The van der Waals surface area contributed by atoms with Gasteiger partial charge in [0.1, 0.15) is 17.7 Å². The van der Waals surface area contributed by atoms with Crippen molar-refractivity contribution in [2.45, 2.75) is 78.3 Å². The molecule has 1 aliphatic heterocycles. The highest BCUT2D eigenvalue weighted by molar-refractivity contribution is 5.86. The number of carbonyl (C=O) groups excluding carboxylic acids is 3. The van der Waals surface area contributed by atoms with Gasteiger partial charge >= 0.3 is 6.09 Å². The van der Waals surface area contributed by atoms with Gasteiger partial charge in [0.15, 0.2) is 0 Å². The molecule has 0 radical (unpaired) electrons. The van der Waals surface area contributed by atoms with Crippen LogP contribution >= 0.6 is 0 Å². The summed E-state index contributed by atoms with van der Waals surface area (Å²) in [4.78, 5) is 56.9. The molecule has 4 N–H and O–H groups in total. The van der Waals surface area contributed by atoms with E-state index in [0.29, 0.717) is 19.6 Å². The molecule has 2 unspecified atom stereocenters. The zero-order valence-electron chi connectivity index (χ0n) is 31.6. The van der Waals surface area contributed by atoms with E-state index in [1.165, 1.54) is 13.5 Å². The standard InChI is InChI=1S/C37H46N8O4.C3H8/c1-24(2)34(43-37(48)49-5)36(47)45-20-8-9-31(45)35-39-22-30(42-35)27-16-13-25(14-17-27)11-12-26-15-18-28-29(21-26)41-32(40-28)10-6-7-19-38-33(46)23-44(3)4;1-3-2/h13-18,21-22,24,31,34H,6-10,19-20,23H2,1-5H3,(H,38,46)(H,39,42)(H,40,41)(H,43,48);3H2,1-2H3. The van der Waals surface area contributed by atoms with Crippen LogP contribution in [0.2, 0.25) is 0 Å². The summed E-state index contributed by atoms with van der Waals surface area (Å²) in [6, 6.07) is 13.1. The van der Waals surface area contributed by atoms with Crippen LogP contribution in [0.1, 0.15) is 88.6 Å². The van der Waals surface area contributed by atoms with E-state index in [-0.39, 0.29) is 23.8 Å². The quantitative estimate of drug-likeness (QED) is 0.107. The van der Waals surface area contributed by atoms with Crippen molar-refractivity contribution >= 4 is 28.9 Å². The first-order chi connectivity index (χ1) is 25.0. The average Bonchev–Trinajstić information content (AvgIpc) is 3.89. The van der Waals surface area contributed by atoms with Gasteiger partial charge in [0.05, 0.1) is 42.6 Å². The zero-order valence-corrected chi connectivity index (χ0v) is 31.6. The molecule has 0 saturated carbocycles. The predicted octanol–water partition coefficient (Wildman–Crippen LogP) is 5.81. The Hall–Kier alpha value is -5.15. The van der Waals surface area contributed by atoms with Crippen molar-refractivity contribution in [1.82, 2.24) is 40.4 Å². The number of amides is 3. The third-order valence-corrected chi connectivity index (χ3v) is 8.54. The minimum atomic E-state index is -0.675. The Morgan fingerprint density at radius 3 is 2.44 bits per heavy atom. The maximum absolute atomic E-state index is 13.4. The summed E-state index contributed by atoms with van der Waals surface area (Å²) in [5, 5.41) is 5.63. The third kappa shape index (κ3) is 11.2. The van der Waals surface area contributed by atoms with E-state index in [0.717, 1.165) is 77.2 Å². The van der Waals surface area contributed by atoms with Gasteiger partial charge < -0.3 is 35.1 Å². The van der Waals surface area contributed by atoms with Crippen LogP contribution in [-0.2, 0) is 20.7 Å². The minimum Gasteiger partial charge on any atom is -0.453 e. The van der Waals surface area contributed by atoms with Crippen molar-refractivity contribution in [1.29, 1.82) is 0 Å². The maximum Gasteiger partial charge on any atom is 0.407 e. The van der Waals surface area contributed by atoms with Gasteiger partial charge in [-0.1, -0.05) is 58.1 Å². The molecule has 3 amide bonds. The number of nitrogens with zero attached hydrogens (tertiary/aromatic N) is 4. The average molecular weight is 711 g/mol. The summed E-state index contributed by atoms with van der Waals surface area (Å²) in [6.45, 7) is 9.72. The molecule has 0 spiro atoms. The van der Waals surface area contributed by atoms with Gasteiger partial charge in [0.25, 0.3) is 0 Å². The van der Waals surface area contributed by atoms with E-state index >= 15 is 0 Å². The Morgan fingerprint density at radius 1 is 1.04 bits per heavy atom. The van der Waals surface area contributed by atoms with Gasteiger partial charge in [-0.05, 0) is 81.6 Å². The first-order valence-electron chi connectivity index (χ1n) is 18.2. The molecule has 278 valence electrons. The minimum absolute atomic E-state index is 0.0424. The predicted molar refractivity (Wildman–Crippen MR) is 204 cm³/mol. The molecule has 1 fully saturated rings. The van der Waals surface area contributed by atoms with Crippen LogP contribution in [0, 0.1) is 17.8 Å². The van der Waals surface area contributed by atoms with E-state index in [2.05, 4.69) is 51.3 Å². The number of rotatable bonds is 12. The fourth-order valence-electron chi connectivity index (χ4n) is 5.97. The summed E-state index contributed by atoms with van der Waals surface area (Å²) >= 11 is 0. The summed E-state index contributed by atoms with van der Waals surface area (Å²) in [5.74, 6) is 7.99. The number of benzene rings is 2. The number of alkyl carbamates (subject to hydrolysis) is 1. The maximum atomic E-state index is 13.4. The van der Waals surface area contributed by atoms with Crippen LogP contribution in [0.25, 0.3) is 22.3 Å². The number of hydrogen-bond donors (Lipinski definition) is 4. The Labute approximate surface area is 307 Å². The number of aryl methyl sites for hydroxylation is 1. The third-order valence-electron chi connectivity index (χ3n) is 8.54. The van der Waals surface area contributed by atoms with Gasteiger partial charge in [-0.25, -0.2) is 14.8 Å². The number of H-pyrrole nitrogens is 2. The van der Waals surface area contributed by atoms with Crippen molar-refractivity contribution in [3.63, 3.8) is 0 Å². The number of ether oxygens (including phenoxy) is 1. The molecule has 3 heterocycles. The number of likely N-dealkylation sites (N-methyl/N-ethyl adjacent to an activating group) is 1. The Balaban J connectivity index is 0.00000195. The highest BCUT2D eigenvalue weighted by atomic mass is 16.5. The summed E-state index contributed by atoms with van der Waals surface area (Å²) in [7, 11) is 5.05. The molecule has 5 rings (SSSR count). The van der Waals surface area contributed by atoms with Gasteiger partial charge in [-0.15, -0.1) is 0 Å². The molecule has 2 aromatic heterocycles. The second kappa shape index (κ2) is 19.5. The number of aromatic nitrogens is 4. The molecule has 1 saturated heterocycles. The lowest BCUT2D eigenvalue weighted by Crippen LogP contribution is -2.51. The number of likely N-dealkylation sites (tertiary alicyclic amines) is 1. The molecular formula is C40H54N8O4. The van der Waals surface area contributed by atoms with E-state index in [9.17, 15) is 14.4 Å². The molecule has 0 bridgehead atoms. The van der Waals surface area contributed by atoms with Gasteiger partial charge in [-0.2, -0.15) is 0 Å². The van der Waals surface area contributed by atoms with Crippen molar-refractivity contribution in [2.24, 2.45) is 5.92 Å². The second-order valence-corrected chi connectivity index (χ2v) is 13.7. The summed E-state index contributed by atoms with van der Waals surface area (Å²) in [5.41, 5.74) is 5.47. The molecule has 2 aromatic carbocycles. The first kappa shape index (κ1) is 39.6. The van der Waals surface area contributed by atoms with E-state index in [4.69, 9.17) is 9.72 Å². The van der Waals surface area contributed by atoms with Crippen molar-refractivity contribution in [3.8, 4) is 23.1 Å². The Morgan fingerprint density at radius 2 is 1.75 bits per heavy atom. The van der Waals surface area contributed by atoms with Crippen LogP contribution in [0.5, 0.6) is 0 Å². The highest BCUT2D eigenvalue weighted by Crippen LogP contribution is 2.32. The molecule has 12 nitrogen and oxygen atoms in total. The Bertz CT molecular complexity index is 1830. The van der Waals surface area contributed by atoms with Crippen molar-refractivity contribution in [3.05, 3.63) is 71.4 Å². The van der Waals surface area contributed by atoms with Crippen LogP contribution in [0.4, 0.5) is 4.79 Å².